The summed E-state index contributed by atoms with van der Waals surface area (Å²) in [4.78, 5) is 45.1. The number of carbonyl (C=O) groups excluding carboxylic acids is 2. The van der Waals surface area contributed by atoms with Crippen LogP contribution in [-0.4, -0.2) is 59.9 Å². The zero-order chi connectivity index (χ0) is 35.0. The number of nitrogens with two attached hydrogens (primary N) is 1. The van der Waals surface area contributed by atoms with Gasteiger partial charge in [0.15, 0.2) is 6.10 Å². The second-order valence-corrected chi connectivity index (χ2v) is 14.2. The molecule has 0 aliphatic carbocycles. The summed E-state index contributed by atoms with van der Waals surface area (Å²) in [6.45, 7) is 2.60. The summed E-state index contributed by atoms with van der Waals surface area (Å²) in [5.41, 5.74) is 5.28. The van der Waals surface area contributed by atoms with Crippen molar-refractivity contribution in [3.8, 4) is 0 Å². The molecule has 47 heavy (non-hydrogen) atoms. The fraction of sp³-hybridized carbons (Fsp3) is 0.914. The third kappa shape index (κ3) is 31.5. The predicted molar refractivity (Wildman–Crippen MR) is 185 cm³/mol. The zero-order valence-corrected chi connectivity index (χ0v) is 30.5. The molecule has 0 aliphatic heterocycles. The Kier molecular flexibility index (Phi) is 30.7. The normalized spacial score (nSPS) is 14.0. The number of ether oxygens (including phenoxy) is 2. The van der Waals surface area contributed by atoms with Gasteiger partial charge < -0.3 is 25.2 Å². The summed E-state index contributed by atoms with van der Waals surface area (Å²) in [6.07, 6.45) is 27.1. The number of unbranched alkanes of at least 4 members (excludes halogenated alkanes) is 21. The molecule has 0 bridgehead atoms. The first-order chi connectivity index (χ1) is 22.6. The molecular weight excluding hydrogens is 625 g/mol. The molecule has 0 spiro atoms. The monoisotopic (exact) mass is 693 g/mol. The lowest BCUT2D eigenvalue weighted by Gasteiger charge is -2.20. The van der Waals surface area contributed by atoms with Crippen LogP contribution in [0.2, 0.25) is 0 Å². The van der Waals surface area contributed by atoms with Crippen LogP contribution in [0.4, 0.5) is 0 Å². The van der Waals surface area contributed by atoms with E-state index >= 15 is 0 Å². The van der Waals surface area contributed by atoms with Gasteiger partial charge in [-0.15, -0.1) is 0 Å². The molecule has 0 amide bonds. The van der Waals surface area contributed by atoms with Crippen LogP contribution >= 0.6 is 7.82 Å². The van der Waals surface area contributed by atoms with Gasteiger partial charge in [0.25, 0.3) is 0 Å². The number of carboxylic acids is 1. The van der Waals surface area contributed by atoms with Crippen molar-refractivity contribution >= 4 is 25.7 Å². The summed E-state index contributed by atoms with van der Waals surface area (Å²) in [7, 11) is -4.69. The van der Waals surface area contributed by atoms with Gasteiger partial charge in [-0.25, -0.2) is 4.57 Å². The number of esters is 2. The van der Waals surface area contributed by atoms with E-state index in [1.807, 2.05) is 6.92 Å². The van der Waals surface area contributed by atoms with E-state index in [-0.39, 0.29) is 19.4 Å². The van der Waals surface area contributed by atoms with Gasteiger partial charge in [0.2, 0.25) is 0 Å². The Balaban J connectivity index is 4.07. The van der Waals surface area contributed by atoms with Crippen LogP contribution in [0.1, 0.15) is 174 Å². The van der Waals surface area contributed by atoms with Crippen molar-refractivity contribution < 1.29 is 47.5 Å². The lowest BCUT2D eigenvalue weighted by atomic mass is 10.0. The molecule has 0 radical (unpaired) electrons. The molecule has 0 aromatic rings. The number of hydrogen-bond acceptors (Lipinski definition) is 9. The lowest BCUT2D eigenvalue weighted by Crippen LogP contribution is -2.34. The van der Waals surface area contributed by atoms with Gasteiger partial charge in [-0.05, 0) is 12.8 Å². The van der Waals surface area contributed by atoms with Crippen molar-refractivity contribution in [2.75, 3.05) is 19.8 Å². The average molecular weight is 694 g/mol. The molecule has 0 aliphatic rings. The van der Waals surface area contributed by atoms with E-state index in [9.17, 15) is 23.8 Å². The van der Waals surface area contributed by atoms with Gasteiger partial charge in [0.05, 0.1) is 13.2 Å². The molecule has 0 aromatic carbocycles. The molecule has 3 atom stereocenters. The van der Waals surface area contributed by atoms with E-state index in [0.29, 0.717) is 12.8 Å². The minimum absolute atomic E-state index is 0.167. The van der Waals surface area contributed by atoms with E-state index in [1.165, 1.54) is 103 Å². The van der Waals surface area contributed by atoms with Crippen LogP contribution < -0.4 is 5.73 Å². The van der Waals surface area contributed by atoms with Crippen LogP contribution in [0, 0.1) is 0 Å². The van der Waals surface area contributed by atoms with Gasteiger partial charge in [-0.2, -0.15) is 0 Å². The number of aliphatic carboxylic acids is 1. The molecule has 278 valence electrons. The minimum atomic E-state index is -4.69. The van der Waals surface area contributed by atoms with Crippen LogP contribution in [0.3, 0.4) is 0 Å². The molecule has 0 aromatic heterocycles. The first-order valence-electron chi connectivity index (χ1n) is 18.6. The average Bonchev–Trinajstić information content (AvgIpc) is 3.04. The number of carboxylic acid groups (broad SMARTS) is 1. The van der Waals surface area contributed by atoms with Crippen LogP contribution in [0.15, 0.2) is 0 Å². The minimum Gasteiger partial charge on any atom is -0.480 e. The second-order valence-electron chi connectivity index (χ2n) is 12.7. The smallest absolute Gasteiger partial charge is 0.472 e. The Bertz CT molecular complexity index is 828. The highest BCUT2D eigenvalue weighted by atomic mass is 31.2. The highest BCUT2D eigenvalue weighted by molar-refractivity contribution is 7.47. The van der Waals surface area contributed by atoms with Crippen molar-refractivity contribution in [3.63, 3.8) is 0 Å². The molecule has 12 heteroatoms. The van der Waals surface area contributed by atoms with Gasteiger partial charge >= 0.3 is 25.7 Å². The number of phosphoric ester groups is 1. The fourth-order valence-corrected chi connectivity index (χ4v) is 5.90. The largest absolute Gasteiger partial charge is 0.480 e. The quantitative estimate of drug-likeness (QED) is 0.0329. The predicted octanol–water partition coefficient (Wildman–Crippen LogP) is 8.78. The van der Waals surface area contributed by atoms with E-state index in [2.05, 4.69) is 11.4 Å². The van der Waals surface area contributed by atoms with Gasteiger partial charge in [0, 0.05) is 12.8 Å². The summed E-state index contributed by atoms with van der Waals surface area (Å²) in [5.74, 6) is -2.40. The summed E-state index contributed by atoms with van der Waals surface area (Å²) < 4.78 is 32.2. The summed E-state index contributed by atoms with van der Waals surface area (Å²) >= 11 is 0. The van der Waals surface area contributed by atoms with E-state index < -0.39 is 51.1 Å². The van der Waals surface area contributed by atoms with Crippen LogP contribution in [0.25, 0.3) is 0 Å². The maximum Gasteiger partial charge on any atom is 0.472 e. The van der Waals surface area contributed by atoms with Gasteiger partial charge in [-0.3, -0.25) is 23.4 Å². The van der Waals surface area contributed by atoms with E-state index in [0.717, 1.165) is 32.1 Å². The van der Waals surface area contributed by atoms with Crippen molar-refractivity contribution in [3.05, 3.63) is 0 Å². The number of phosphoric acid groups is 1. The first-order valence-corrected chi connectivity index (χ1v) is 20.1. The van der Waals surface area contributed by atoms with Crippen molar-refractivity contribution in [1.29, 1.82) is 0 Å². The Morgan fingerprint density at radius 1 is 0.574 bits per heavy atom. The Labute approximate surface area is 285 Å². The third-order valence-corrected chi connectivity index (χ3v) is 9.06. The zero-order valence-electron chi connectivity index (χ0n) is 29.6. The summed E-state index contributed by atoms with van der Waals surface area (Å²) in [6, 6.07) is -1.51. The Morgan fingerprint density at radius 3 is 1.38 bits per heavy atom. The molecule has 0 saturated heterocycles. The highest BCUT2D eigenvalue weighted by Crippen LogP contribution is 2.43. The number of rotatable bonds is 35. The maximum atomic E-state index is 12.5. The molecule has 0 fully saturated rings. The van der Waals surface area contributed by atoms with Crippen molar-refractivity contribution in [1.82, 2.24) is 0 Å². The lowest BCUT2D eigenvalue weighted by molar-refractivity contribution is -0.161. The van der Waals surface area contributed by atoms with Crippen molar-refractivity contribution in [2.45, 2.75) is 187 Å². The maximum absolute atomic E-state index is 12.5. The SMILES string of the molecule is CCCCCCCCCCCCCCCCCCCCCCC(=O)OC(COC(=O)CCCCC)COP(=O)(O)OCC(N)C(=O)O. The molecule has 3 unspecified atom stereocenters. The van der Waals surface area contributed by atoms with E-state index in [4.69, 9.17) is 24.8 Å². The van der Waals surface area contributed by atoms with Gasteiger partial charge in [-0.1, -0.05) is 149 Å². The molecule has 0 rings (SSSR count). The fourth-order valence-electron chi connectivity index (χ4n) is 5.12. The van der Waals surface area contributed by atoms with Crippen molar-refractivity contribution in [2.24, 2.45) is 5.73 Å². The Morgan fingerprint density at radius 2 is 0.936 bits per heavy atom. The topological polar surface area (TPSA) is 172 Å². The molecule has 4 N–H and O–H groups in total. The summed E-state index contributed by atoms with van der Waals surface area (Å²) in [5, 5.41) is 8.80. The molecular formula is C35H68NO10P. The number of carbonyl (C=O) groups is 3. The standard InChI is InChI=1S/C35H68NO10P/c1-3-5-7-8-9-10-11-12-13-14-15-16-17-18-19-20-21-22-23-25-27-34(38)46-31(28-43-33(37)26-24-6-4-2)29-44-47(41,42)45-30-32(36)35(39)40/h31-32H,3-30,36H2,1-2H3,(H,39,40)(H,41,42). The highest BCUT2D eigenvalue weighted by Gasteiger charge is 2.28. The third-order valence-electron chi connectivity index (χ3n) is 8.11. The molecule has 0 heterocycles. The second kappa shape index (κ2) is 31.7. The molecule has 0 saturated carbocycles. The number of hydrogen-bond donors (Lipinski definition) is 3. The van der Waals surface area contributed by atoms with Crippen LogP contribution in [0.5, 0.6) is 0 Å². The van der Waals surface area contributed by atoms with Crippen LogP contribution in [-0.2, 0) is 37.5 Å². The first kappa shape index (κ1) is 45.5. The van der Waals surface area contributed by atoms with E-state index in [1.54, 1.807) is 0 Å². The Hall–Kier alpha value is -1.52. The molecule has 11 nitrogen and oxygen atoms in total. The van der Waals surface area contributed by atoms with Gasteiger partial charge in [0.1, 0.15) is 12.6 Å².